The van der Waals surface area contributed by atoms with Crippen molar-refractivity contribution < 1.29 is 9.47 Å². The summed E-state index contributed by atoms with van der Waals surface area (Å²) >= 11 is 0. The summed E-state index contributed by atoms with van der Waals surface area (Å²) in [6, 6.07) is 0. The van der Waals surface area contributed by atoms with Gasteiger partial charge in [-0.1, -0.05) is 30.2 Å². The number of ether oxygens (including phenoxy) is 2. The standard InChI is InChI=1S/C15H28O2/c1-6-13(2)9-7-10-14(3)11-8-12-15(16-4)17-5/h9,11,15H,6-8,10,12H2,1-5H3. The quantitative estimate of drug-likeness (QED) is 0.437. The molecular weight excluding hydrogens is 212 g/mol. The molecule has 0 spiro atoms. The van der Waals surface area contributed by atoms with Crippen LogP contribution >= 0.6 is 0 Å². The summed E-state index contributed by atoms with van der Waals surface area (Å²) in [7, 11) is 3.37. The average molecular weight is 240 g/mol. The molecule has 2 heteroatoms. The Morgan fingerprint density at radius 2 is 1.59 bits per heavy atom. The Bertz CT molecular complexity index is 237. The van der Waals surface area contributed by atoms with E-state index in [9.17, 15) is 0 Å². The second-order valence-corrected chi connectivity index (χ2v) is 4.47. The molecule has 0 aliphatic carbocycles. The zero-order valence-electron chi connectivity index (χ0n) is 12.1. The van der Waals surface area contributed by atoms with Crippen molar-refractivity contribution in [2.45, 2.75) is 59.2 Å². The van der Waals surface area contributed by atoms with Crippen molar-refractivity contribution in [1.82, 2.24) is 0 Å². The number of hydrogen-bond acceptors (Lipinski definition) is 2. The van der Waals surface area contributed by atoms with Crippen LogP contribution < -0.4 is 0 Å². The van der Waals surface area contributed by atoms with Gasteiger partial charge in [-0.05, 0) is 39.5 Å². The molecule has 0 radical (unpaired) electrons. The normalized spacial score (nSPS) is 13.5. The first kappa shape index (κ1) is 16.4. The van der Waals surface area contributed by atoms with Crippen LogP contribution in [0.4, 0.5) is 0 Å². The van der Waals surface area contributed by atoms with Crippen molar-refractivity contribution >= 4 is 0 Å². The van der Waals surface area contributed by atoms with Gasteiger partial charge in [-0.3, -0.25) is 0 Å². The molecule has 0 bridgehead atoms. The van der Waals surface area contributed by atoms with E-state index in [4.69, 9.17) is 9.47 Å². The van der Waals surface area contributed by atoms with Crippen LogP contribution in [-0.4, -0.2) is 20.5 Å². The van der Waals surface area contributed by atoms with Gasteiger partial charge in [-0.2, -0.15) is 0 Å². The number of hydrogen-bond donors (Lipinski definition) is 0. The average Bonchev–Trinajstić information content (AvgIpc) is 2.34. The predicted octanol–water partition coefficient (Wildman–Crippen LogP) is 4.47. The van der Waals surface area contributed by atoms with Crippen molar-refractivity contribution in [3.8, 4) is 0 Å². The SMILES string of the molecule is CCC(C)=CCCC(C)=CCCC(OC)OC. The largest absolute Gasteiger partial charge is 0.356 e. The van der Waals surface area contributed by atoms with Gasteiger partial charge in [0.1, 0.15) is 0 Å². The van der Waals surface area contributed by atoms with Gasteiger partial charge >= 0.3 is 0 Å². The Balaban J connectivity index is 3.79. The summed E-state index contributed by atoms with van der Waals surface area (Å²) in [6.45, 7) is 6.59. The van der Waals surface area contributed by atoms with Crippen LogP contribution in [0, 0.1) is 0 Å². The predicted molar refractivity (Wildman–Crippen MR) is 74.1 cm³/mol. The molecule has 0 rings (SSSR count). The molecule has 0 atom stereocenters. The summed E-state index contributed by atoms with van der Waals surface area (Å²) in [5, 5.41) is 0. The highest BCUT2D eigenvalue weighted by Gasteiger charge is 2.02. The Morgan fingerprint density at radius 3 is 2.12 bits per heavy atom. The second-order valence-electron chi connectivity index (χ2n) is 4.47. The topological polar surface area (TPSA) is 18.5 Å². The highest BCUT2D eigenvalue weighted by atomic mass is 16.7. The Hall–Kier alpha value is -0.600. The summed E-state index contributed by atoms with van der Waals surface area (Å²) in [5.41, 5.74) is 2.94. The maximum atomic E-state index is 5.15. The lowest BCUT2D eigenvalue weighted by molar-refractivity contribution is -0.105. The van der Waals surface area contributed by atoms with E-state index in [1.807, 2.05) is 0 Å². The van der Waals surface area contributed by atoms with E-state index >= 15 is 0 Å². The first-order valence-electron chi connectivity index (χ1n) is 6.50. The molecule has 0 fully saturated rings. The van der Waals surface area contributed by atoms with E-state index < -0.39 is 0 Å². The zero-order valence-corrected chi connectivity index (χ0v) is 12.1. The summed E-state index contributed by atoms with van der Waals surface area (Å²) in [4.78, 5) is 0. The van der Waals surface area contributed by atoms with Crippen LogP contribution in [0.5, 0.6) is 0 Å². The molecule has 0 amide bonds. The lowest BCUT2D eigenvalue weighted by atomic mass is 10.1. The Kier molecular flexibility index (Phi) is 10.2. The Labute approximate surface area is 107 Å². The van der Waals surface area contributed by atoms with Crippen LogP contribution in [0.25, 0.3) is 0 Å². The van der Waals surface area contributed by atoms with Crippen LogP contribution in [0.3, 0.4) is 0 Å². The minimum atomic E-state index is -0.0683. The van der Waals surface area contributed by atoms with Crippen molar-refractivity contribution in [3.63, 3.8) is 0 Å². The van der Waals surface area contributed by atoms with E-state index in [-0.39, 0.29) is 6.29 Å². The maximum absolute atomic E-state index is 5.15. The fraction of sp³-hybridized carbons (Fsp3) is 0.733. The summed E-state index contributed by atoms with van der Waals surface area (Å²) in [5.74, 6) is 0. The minimum Gasteiger partial charge on any atom is -0.356 e. The van der Waals surface area contributed by atoms with Gasteiger partial charge in [-0.25, -0.2) is 0 Å². The van der Waals surface area contributed by atoms with Gasteiger partial charge in [0.15, 0.2) is 6.29 Å². The second kappa shape index (κ2) is 10.5. The van der Waals surface area contributed by atoms with Crippen LogP contribution in [-0.2, 0) is 9.47 Å². The van der Waals surface area contributed by atoms with Crippen molar-refractivity contribution in [2.75, 3.05) is 14.2 Å². The molecule has 0 saturated carbocycles. The molecule has 0 aromatic carbocycles. The summed E-state index contributed by atoms with van der Waals surface area (Å²) < 4.78 is 10.3. The fourth-order valence-electron chi connectivity index (χ4n) is 1.59. The van der Waals surface area contributed by atoms with Gasteiger partial charge in [-0.15, -0.1) is 0 Å². The maximum Gasteiger partial charge on any atom is 0.157 e. The lowest BCUT2D eigenvalue weighted by Crippen LogP contribution is -2.11. The molecular formula is C15H28O2. The summed E-state index contributed by atoms with van der Waals surface area (Å²) in [6.07, 6.45) is 9.97. The number of rotatable bonds is 9. The molecule has 0 saturated heterocycles. The van der Waals surface area contributed by atoms with Gasteiger partial charge in [0, 0.05) is 20.6 Å². The molecule has 0 aromatic rings. The van der Waals surface area contributed by atoms with Crippen LogP contribution in [0.15, 0.2) is 23.3 Å². The molecule has 17 heavy (non-hydrogen) atoms. The molecule has 0 aromatic heterocycles. The van der Waals surface area contributed by atoms with E-state index in [2.05, 4.69) is 32.9 Å². The van der Waals surface area contributed by atoms with Gasteiger partial charge in [0.05, 0.1) is 0 Å². The molecule has 0 aliphatic heterocycles. The highest BCUT2D eigenvalue weighted by molar-refractivity contribution is 5.03. The third-order valence-corrected chi connectivity index (χ3v) is 3.01. The lowest BCUT2D eigenvalue weighted by Gasteiger charge is -2.11. The van der Waals surface area contributed by atoms with Gasteiger partial charge in [0.2, 0.25) is 0 Å². The minimum absolute atomic E-state index is 0.0683. The highest BCUT2D eigenvalue weighted by Crippen LogP contribution is 2.11. The van der Waals surface area contributed by atoms with Gasteiger partial charge in [0.25, 0.3) is 0 Å². The third-order valence-electron chi connectivity index (χ3n) is 3.01. The molecule has 100 valence electrons. The fourth-order valence-corrected chi connectivity index (χ4v) is 1.59. The van der Waals surface area contributed by atoms with Gasteiger partial charge < -0.3 is 9.47 Å². The van der Waals surface area contributed by atoms with Crippen molar-refractivity contribution in [1.29, 1.82) is 0 Å². The Morgan fingerprint density at radius 1 is 1.00 bits per heavy atom. The molecule has 0 unspecified atom stereocenters. The smallest absolute Gasteiger partial charge is 0.157 e. The van der Waals surface area contributed by atoms with Crippen molar-refractivity contribution in [2.24, 2.45) is 0 Å². The van der Waals surface area contributed by atoms with E-state index in [1.54, 1.807) is 14.2 Å². The molecule has 0 aliphatic rings. The van der Waals surface area contributed by atoms with E-state index in [0.29, 0.717) is 0 Å². The van der Waals surface area contributed by atoms with Crippen LogP contribution in [0.2, 0.25) is 0 Å². The first-order valence-corrected chi connectivity index (χ1v) is 6.50. The molecule has 0 N–H and O–H groups in total. The molecule has 2 nitrogen and oxygen atoms in total. The number of methoxy groups -OCH3 is 2. The monoisotopic (exact) mass is 240 g/mol. The number of allylic oxidation sites excluding steroid dienone is 4. The first-order chi connectivity index (χ1) is 8.13. The zero-order chi connectivity index (χ0) is 13.1. The van der Waals surface area contributed by atoms with Crippen molar-refractivity contribution in [3.05, 3.63) is 23.3 Å². The van der Waals surface area contributed by atoms with Crippen LogP contribution in [0.1, 0.15) is 52.9 Å². The third kappa shape index (κ3) is 9.13. The molecule has 0 heterocycles. The van der Waals surface area contributed by atoms with E-state index in [1.165, 1.54) is 11.1 Å². The van der Waals surface area contributed by atoms with E-state index in [0.717, 1.165) is 32.1 Å².